The fraction of sp³-hybridized carbons (Fsp3) is 0.125. The van der Waals surface area contributed by atoms with Crippen molar-refractivity contribution in [1.82, 2.24) is 0 Å². The summed E-state index contributed by atoms with van der Waals surface area (Å²) in [6.07, 6.45) is 0. The first-order valence-corrected chi connectivity index (χ1v) is 7.06. The predicted molar refractivity (Wildman–Crippen MR) is 82.9 cm³/mol. The molecule has 0 spiro atoms. The van der Waals surface area contributed by atoms with Gasteiger partial charge in [-0.3, -0.25) is 0 Å². The summed E-state index contributed by atoms with van der Waals surface area (Å²) in [4.78, 5) is 0. The van der Waals surface area contributed by atoms with Crippen LogP contribution < -0.4 is 10.5 Å². The second kappa shape index (κ2) is 5.31. The summed E-state index contributed by atoms with van der Waals surface area (Å²) in [5.41, 5.74) is 8.10. The largest absolute Gasteiger partial charge is 0.497 e. The highest BCUT2D eigenvalue weighted by Crippen LogP contribution is 2.32. The third kappa shape index (κ3) is 2.32. The normalized spacial score (nSPS) is 12.6. The molecule has 1 heterocycles. The van der Waals surface area contributed by atoms with Crippen molar-refractivity contribution in [3.8, 4) is 5.75 Å². The highest BCUT2D eigenvalue weighted by Gasteiger charge is 2.17. The molecule has 0 radical (unpaired) electrons. The zero-order valence-corrected chi connectivity index (χ0v) is 12.6. The highest BCUT2D eigenvalue weighted by molar-refractivity contribution is 9.10. The second-order valence-electron chi connectivity index (χ2n) is 4.55. The third-order valence-electron chi connectivity index (χ3n) is 3.29. The molecule has 4 heteroatoms. The predicted octanol–water partition coefficient (Wildman–Crippen LogP) is 4.25. The molecule has 2 N–H and O–H groups in total. The first-order chi connectivity index (χ1) is 9.69. The molecule has 0 bridgehead atoms. The van der Waals surface area contributed by atoms with Crippen molar-refractivity contribution in [3.05, 3.63) is 64.3 Å². The molecule has 1 unspecified atom stereocenters. The number of furan rings is 1. The number of para-hydroxylation sites is 1. The van der Waals surface area contributed by atoms with Gasteiger partial charge in [-0.15, -0.1) is 0 Å². The van der Waals surface area contributed by atoms with Crippen LogP contribution in [0.4, 0.5) is 0 Å². The van der Waals surface area contributed by atoms with Crippen molar-refractivity contribution in [1.29, 1.82) is 0 Å². The summed E-state index contributed by atoms with van der Waals surface area (Å²) in [5.74, 6) is 1.51. The van der Waals surface area contributed by atoms with Gasteiger partial charge in [0.05, 0.1) is 13.2 Å². The minimum atomic E-state index is -0.341. The Hall–Kier alpha value is -1.78. The van der Waals surface area contributed by atoms with Crippen LogP contribution in [0.25, 0.3) is 11.0 Å². The lowest BCUT2D eigenvalue weighted by Crippen LogP contribution is -2.11. The number of halogens is 1. The Kier molecular flexibility index (Phi) is 3.51. The molecule has 0 saturated heterocycles. The number of hydrogen-bond acceptors (Lipinski definition) is 3. The minimum absolute atomic E-state index is 0.341. The molecule has 20 heavy (non-hydrogen) atoms. The van der Waals surface area contributed by atoms with E-state index in [1.165, 1.54) is 0 Å². The van der Waals surface area contributed by atoms with E-state index in [-0.39, 0.29) is 6.04 Å². The van der Waals surface area contributed by atoms with E-state index >= 15 is 0 Å². The maximum Gasteiger partial charge on any atom is 0.134 e. The summed E-state index contributed by atoms with van der Waals surface area (Å²) >= 11 is 3.52. The molecule has 102 valence electrons. The second-order valence-corrected chi connectivity index (χ2v) is 5.41. The van der Waals surface area contributed by atoms with E-state index in [4.69, 9.17) is 14.9 Å². The van der Waals surface area contributed by atoms with Gasteiger partial charge in [0.2, 0.25) is 0 Å². The summed E-state index contributed by atoms with van der Waals surface area (Å²) in [6.45, 7) is 0. The lowest BCUT2D eigenvalue weighted by Gasteiger charge is -2.12. The fourth-order valence-corrected chi connectivity index (χ4v) is 2.69. The van der Waals surface area contributed by atoms with Gasteiger partial charge in [-0.1, -0.05) is 34.1 Å². The number of fused-ring (bicyclic) bond motifs is 1. The molecule has 0 aliphatic heterocycles. The van der Waals surface area contributed by atoms with E-state index in [2.05, 4.69) is 15.9 Å². The van der Waals surface area contributed by atoms with Gasteiger partial charge >= 0.3 is 0 Å². The molecular formula is C16H14BrNO2. The maximum atomic E-state index is 6.33. The van der Waals surface area contributed by atoms with Crippen molar-refractivity contribution in [2.75, 3.05) is 7.11 Å². The van der Waals surface area contributed by atoms with Crippen LogP contribution >= 0.6 is 15.9 Å². The van der Waals surface area contributed by atoms with Gasteiger partial charge in [0, 0.05) is 9.86 Å². The summed E-state index contributed by atoms with van der Waals surface area (Å²) in [6, 6.07) is 15.2. The zero-order valence-electron chi connectivity index (χ0n) is 11.0. The first kappa shape index (κ1) is 13.2. The Morgan fingerprint density at radius 1 is 1.15 bits per heavy atom. The number of rotatable bonds is 3. The first-order valence-electron chi connectivity index (χ1n) is 6.26. The highest BCUT2D eigenvalue weighted by atomic mass is 79.9. The molecule has 0 aliphatic carbocycles. The number of hydrogen-bond donors (Lipinski definition) is 1. The SMILES string of the molecule is COc1ccc(Br)c(C(N)c2cc3ccccc3o2)c1. The quantitative estimate of drug-likeness (QED) is 0.780. The summed E-state index contributed by atoms with van der Waals surface area (Å²) < 4.78 is 12.0. The molecule has 3 aromatic rings. The number of ether oxygens (including phenoxy) is 1. The van der Waals surface area contributed by atoms with E-state index in [0.717, 1.165) is 32.5 Å². The molecule has 3 nitrogen and oxygen atoms in total. The average Bonchev–Trinajstić information content (AvgIpc) is 2.91. The van der Waals surface area contributed by atoms with Crippen LogP contribution in [0.5, 0.6) is 5.75 Å². The van der Waals surface area contributed by atoms with Crippen LogP contribution in [-0.4, -0.2) is 7.11 Å². The van der Waals surface area contributed by atoms with E-state index < -0.39 is 0 Å². The Balaban J connectivity index is 2.05. The molecular weight excluding hydrogens is 318 g/mol. The molecule has 0 saturated carbocycles. The van der Waals surface area contributed by atoms with Crippen molar-refractivity contribution in [2.45, 2.75) is 6.04 Å². The molecule has 3 rings (SSSR count). The van der Waals surface area contributed by atoms with Crippen LogP contribution in [0.2, 0.25) is 0 Å². The van der Waals surface area contributed by atoms with Crippen LogP contribution in [0.1, 0.15) is 17.4 Å². The van der Waals surface area contributed by atoms with Gasteiger partial charge in [0.1, 0.15) is 17.1 Å². The Bertz CT molecular complexity index is 718. The van der Waals surface area contributed by atoms with Gasteiger partial charge in [-0.25, -0.2) is 0 Å². The van der Waals surface area contributed by atoms with Crippen LogP contribution in [0.3, 0.4) is 0 Å². The monoisotopic (exact) mass is 331 g/mol. The van der Waals surface area contributed by atoms with Crippen molar-refractivity contribution < 1.29 is 9.15 Å². The molecule has 0 fully saturated rings. The Morgan fingerprint density at radius 3 is 2.70 bits per heavy atom. The Morgan fingerprint density at radius 2 is 1.95 bits per heavy atom. The maximum absolute atomic E-state index is 6.33. The summed E-state index contributed by atoms with van der Waals surface area (Å²) in [5, 5.41) is 1.05. The molecule has 0 amide bonds. The van der Waals surface area contributed by atoms with Crippen LogP contribution in [-0.2, 0) is 0 Å². The number of nitrogens with two attached hydrogens (primary N) is 1. The van der Waals surface area contributed by atoms with Gasteiger partial charge in [-0.2, -0.15) is 0 Å². The standard InChI is InChI=1S/C16H14BrNO2/c1-19-11-6-7-13(17)12(9-11)16(18)15-8-10-4-2-3-5-14(10)20-15/h2-9,16H,18H2,1H3. The zero-order chi connectivity index (χ0) is 14.1. The minimum Gasteiger partial charge on any atom is -0.497 e. The van der Waals surface area contributed by atoms with E-state index in [9.17, 15) is 0 Å². The molecule has 2 aromatic carbocycles. The third-order valence-corrected chi connectivity index (χ3v) is 4.01. The topological polar surface area (TPSA) is 48.4 Å². The summed E-state index contributed by atoms with van der Waals surface area (Å²) in [7, 11) is 1.64. The smallest absolute Gasteiger partial charge is 0.134 e. The van der Waals surface area contributed by atoms with E-state index in [1.807, 2.05) is 48.5 Å². The molecule has 1 aromatic heterocycles. The molecule has 1 atom stereocenters. The van der Waals surface area contributed by atoms with E-state index in [0.29, 0.717) is 0 Å². The number of benzene rings is 2. The van der Waals surface area contributed by atoms with Gasteiger partial charge in [0.25, 0.3) is 0 Å². The van der Waals surface area contributed by atoms with Crippen LogP contribution in [0.15, 0.2) is 57.4 Å². The van der Waals surface area contributed by atoms with Gasteiger partial charge in [-0.05, 0) is 35.9 Å². The number of methoxy groups -OCH3 is 1. The van der Waals surface area contributed by atoms with Crippen molar-refractivity contribution >= 4 is 26.9 Å². The lowest BCUT2D eigenvalue weighted by molar-refractivity contribution is 0.413. The fourth-order valence-electron chi connectivity index (χ4n) is 2.20. The molecule has 0 aliphatic rings. The lowest BCUT2D eigenvalue weighted by atomic mass is 10.0. The van der Waals surface area contributed by atoms with Crippen LogP contribution in [0, 0.1) is 0 Å². The van der Waals surface area contributed by atoms with E-state index in [1.54, 1.807) is 7.11 Å². The van der Waals surface area contributed by atoms with Crippen molar-refractivity contribution in [2.24, 2.45) is 5.73 Å². The average molecular weight is 332 g/mol. The Labute approximate surface area is 125 Å². The van der Waals surface area contributed by atoms with Gasteiger partial charge < -0.3 is 14.9 Å². The van der Waals surface area contributed by atoms with Gasteiger partial charge in [0.15, 0.2) is 0 Å². The van der Waals surface area contributed by atoms with Crippen molar-refractivity contribution in [3.63, 3.8) is 0 Å².